The van der Waals surface area contributed by atoms with Gasteiger partial charge in [0.1, 0.15) is 0 Å². The van der Waals surface area contributed by atoms with Gasteiger partial charge < -0.3 is 25.5 Å². The van der Waals surface area contributed by atoms with Crippen LogP contribution in [0.15, 0.2) is 50.1 Å². The third kappa shape index (κ3) is 42.8. The molecule has 0 bridgehead atoms. The minimum Gasteiger partial charge on any atom is -0.478 e. The smallest absolute Gasteiger partial charge is 0.332 e. The fourth-order valence-corrected chi connectivity index (χ4v) is 0.459. The van der Waals surface area contributed by atoms with E-state index in [2.05, 4.69) is 40.5 Å². The minimum atomic E-state index is -0.981. The third-order valence-corrected chi connectivity index (χ3v) is 1.53. The van der Waals surface area contributed by atoms with Gasteiger partial charge in [-0.05, 0) is 13.8 Å². The molecule has 0 atom stereocenters. The number of carbonyl (C=O) groups is 4. The highest BCUT2D eigenvalue weighted by Gasteiger charge is 1.95. The summed E-state index contributed by atoms with van der Waals surface area (Å²) in [5, 5.41) is 7.60. The monoisotopic (exact) mass is 375 g/mol. The lowest BCUT2D eigenvalue weighted by Gasteiger charge is -1.91. The number of ether oxygens (including phenoxy) is 3. The van der Waals surface area contributed by atoms with Gasteiger partial charge in [-0.1, -0.05) is 26.3 Å². The Labute approximate surface area is 154 Å². The molecular formula is C17H29NO8. The highest BCUT2D eigenvalue weighted by molar-refractivity contribution is 5.86. The fraction of sp³-hybridized carbons (Fsp3) is 0.294. The Morgan fingerprint density at radius 1 is 0.923 bits per heavy atom. The van der Waals surface area contributed by atoms with Crippen LogP contribution in [0.3, 0.4) is 0 Å². The topological polar surface area (TPSA) is 151 Å². The van der Waals surface area contributed by atoms with Gasteiger partial charge in [-0.2, -0.15) is 0 Å². The molecular weight excluding hydrogens is 346 g/mol. The van der Waals surface area contributed by atoms with Crippen molar-refractivity contribution < 1.29 is 38.5 Å². The second kappa shape index (κ2) is 26.7. The number of esters is 3. The summed E-state index contributed by atoms with van der Waals surface area (Å²) in [7, 11) is 2.64. The quantitative estimate of drug-likeness (QED) is 0.418. The summed E-state index contributed by atoms with van der Waals surface area (Å²) >= 11 is 0. The Kier molecular flexibility index (Phi) is 35.1. The summed E-state index contributed by atoms with van der Waals surface area (Å²) in [5.41, 5.74) is 0.433. The number of aliphatic carboxylic acids is 1. The predicted molar refractivity (Wildman–Crippen MR) is 98.7 cm³/mol. The van der Waals surface area contributed by atoms with Crippen molar-refractivity contribution in [3.8, 4) is 0 Å². The van der Waals surface area contributed by atoms with E-state index in [1.807, 2.05) is 0 Å². The minimum absolute atomic E-state index is 0. The average molecular weight is 375 g/mol. The molecule has 0 heterocycles. The van der Waals surface area contributed by atoms with Crippen molar-refractivity contribution in [2.24, 2.45) is 0 Å². The molecule has 0 aliphatic heterocycles. The van der Waals surface area contributed by atoms with Crippen molar-refractivity contribution in [2.75, 3.05) is 20.8 Å². The molecule has 0 aromatic heterocycles. The molecule has 0 spiro atoms. The van der Waals surface area contributed by atoms with Crippen molar-refractivity contribution in [1.82, 2.24) is 6.15 Å². The van der Waals surface area contributed by atoms with E-state index in [1.54, 1.807) is 13.8 Å². The second-order valence-electron chi connectivity index (χ2n) is 3.50. The number of carbonyl (C=O) groups excluding carboxylic acids is 3. The maximum absolute atomic E-state index is 10.2. The molecule has 0 saturated heterocycles. The molecule has 0 amide bonds. The molecule has 9 heteroatoms. The molecule has 26 heavy (non-hydrogen) atoms. The molecule has 0 radical (unpaired) electrons. The number of hydrogen-bond donors (Lipinski definition) is 2. The van der Waals surface area contributed by atoms with Crippen LogP contribution >= 0.6 is 0 Å². The van der Waals surface area contributed by atoms with E-state index < -0.39 is 11.9 Å². The van der Waals surface area contributed by atoms with Crippen molar-refractivity contribution >= 4 is 23.9 Å². The molecule has 150 valence electrons. The standard InChI is InChI=1S/2C5H8O2.C4H6O2.C3H4O2.H3N/c1-4(2)5(6)7-3;1-3-5(6)7-4-2;1-3-4(5)6-2;1-2-3(4)5;/h1H2,2-3H3;3H,1,4H2,2H3;3H,1H2,2H3;2H,1H2,(H,4,5);1H3. The number of carboxylic acid groups (broad SMARTS) is 1. The van der Waals surface area contributed by atoms with E-state index in [-0.39, 0.29) is 18.1 Å². The third-order valence-electron chi connectivity index (χ3n) is 1.53. The van der Waals surface area contributed by atoms with Gasteiger partial charge in [0.15, 0.2) is 0 Å². The zero-order valence-electron chi connectivity index (χ0n) is 15.8. The first kappa shape index (κ1) is 34.2. The number of methoxy groups -OCH3 is 2. The molecule has 0 aromatic carbocycles. The molecule has 0 unspecified atom stereocenters. The van der Waals surface area contributed by atoms with Crippen LogP contribution in [0.5, 0.6) is 0 Å². The van der Waals surface area contributed by atoms with Crippen LogP contribution in [0.1, 0.15) is 13.8 Å². The number of hydrogen-bond acceptors (Lipinski definition) is 8. The van der Waals surface area contributed by atoms with Gasteiger partial charge in [0, 0.05) is 23.8 Å². The zero-order valence-corrected chi connectivity index (χ0v) is 15.8. The van der Waals surface area contributed by atoms with Crippen LogP contribution in [0.25, 0.3) is 0 Å². The Bertz CT molecular complexity index is 467. The van der Waals surface area contributed by atoms with Gasteiger partial charge in [-0.25, -0.2) is 19.2 Å². The fourth-order valence-electron chi connectivity index (χ4n) is 0.459. The van der Waals surface area contributed by atoms with Crippen molar-refractivity contribution in [3.05, 3.63) is 50.1 Å². The van der Waals surface area contributed by atoms with Crippen molar-refractivity contribution in [1.29, 1.82) is 0 Å². The van der Waals surface area contributed by atoms with Crippen molar-refractivity contribution in [2.45, 2.75) is 13.8 Å². The van der Waals surface area contributed by atoms with E-state index in [1.165, 1.54) is 14.2 Å². The van der Waals surface area contributed by atoms with Crippen LogP contribution in [0.4, 0.5) is 0 Å². The average Bonchev–Trinajstić information content (AvgIpc) is 2.61. The lowest BCUT2D eigenvalue weighted by Crippen LogP contribution is -1.98. The summed E-state index contributed by atoms with van der Waals surface area (Å²) < 4.78 is 12.8. The van der Waals surface area contributed by atoms with Gasteiger partial charge in [0.2, 0.25) is 0 Å². The van der Waals surface area contributed by atoms with Crippen LogP contribution < -0.4 is 6.15 Å². The maximum Gasteiger partial charge on any atom is 0.332 e. The second-order valence-corrected chi connectivity index (χ2v) is 3.50. The summed E-state index contributed by atoms with van der Waals surface area (Å²) in [5.74, 6) is -2.08. The van der Waals surface area contributed by atoms with Crippen molar-refractivity contribution in [3.63, 3.8) is 0 Å². The highest BCUT2D eigenvalue weighted by Crippen LogP contribution is 1.87. The lowest BCUT2D eigenvalue weighted by atomic mass is 10.4. The van der Waals surface area contributed by atoms with E-state index in [0.717, 1.165) is 18.2 Å². The Morgan fingerprint density at radius 3 is 1.35 bits per heavy atom. The lowest BCUT2D eigenvalue weighted by molar-refractivity contribution is -0.137. The highest BCUT2D eigenvalue weighted by atomic mass is 16.5. The van der Waals surface area contributed by atoms with E-state index in [9.17, 15) is 19.2 Å². The number of carboxylic acids is 1. The Morgan fingerprint density at radius 2 is 1.31 bits per heavy atom. The van der Waals surface area contributed by atoms with Gasteiger partial charge in [0.25, 0.3) is 0 Å². The van der Waals surface area contributed by atoms with Gasteiger partial charge in [-0.15, -0.1) is 0 Å². The molecule has 0 aliphatic rings. The van der Waals surface area contributed by atoms with Crippen LogP contribution in [-0.4, -0.2) is 49.8 Å². The van der Waals surface area contributed by atoms with E-state index >= 15 is 0 Å². The van der Waals surface area contributed by atoms with Crippen LogP contribution in [0, 0.1) is 0 Å². The van der Waals surface area contributed by atoms with E-state index in [4.69, 9.17) is 5.11 Å². The Hall–Kier alpha value is -3.20. The predicted octanol–water partition coefficient (Wildman–Crippen LogP) is 2.24. The molecule has 0 rings (SSSR count). The molecule has 0 aromatic rings. The van der Waals surface area contributed by atoms with E-state index in [0.29, 0.717) is 12.2 Å². The molecule has 9 nitrogen and oxygen atoms in total. The first-order chi connectivity index (χ1) is 11.6. The number of rotatable bonds is 5. The Balaban J connectivity index is -0.0000000750. The summed E-state index contributed by atoms with van der Waals surface area (Å²) in [6.45, 7) is 16.4. The van der Waals surface area contributed by atoms with Gasteiger partial charge >= 0.3 is 23.9 Å². The zero-order chi connectivity index (χ0) is 20.8. The SMILES string of the molecule is C=C(C)C(=O)OC.C=CC(=O)O.C=CC(=O)OC.C=CC(=O)OCC.N. The van der Waals surface area contributed by atoms with Gasteiger partial charge in [-0.3, -0.25) is 0 Å². The van der Waals surface area contributed by atoms with Crippen LogP contribution in [-0.2, 0) is 33.4 Å². The molecule has 4 N–H and O–H groups in total. The summed E-state index contributed by atoms with van der Waals surface area (Å²) in [6, 6.07) is 0. The first-order valence-corrected chi connectivity index (χ1v) is 6.66. The first-order valence-electron chi connectivity index (χ1n) is 6.66. The molecule has 0 aliphatic carbocycles. The largest absolute Gasteiger partial charge is 0.478 e. The molecule has 0 fully saturated rings. The summed E-state index contributed by atoms with van der Waals surface area (Å²) in [4.78, 5) is 39.4. The van der Waals surface area contributed by atoms with Gasteiger partial charge in [0.05, 0.1) is 20.8 Å². The maximum atomic E-state index is 10.2. The molecule has 0 saturated carbocycles. The summed E-state index contributed by atoms with van der Waals surface area (Å²) in [6.07, 6.45) is 3.09. The van der Waals surface area contributed by atoms with Crippen LogP contribution in [0.2, 0.25) is 0 Å². The normalized spacial score (nSPS) is 6.92.